The molecule has 1 fully saturated rings. The summed E-state index contributed by atoms with van der Waals surface area (Å²) in [4.78, 5) is 87.7. The van der Waals surface area contributed by atoms with Crippen molar-refractivity contribution < 1.29 is 85.6 Å². The van der Waals surface area contributed by atoms with Gasteiger partial charge in [0.25, 0.3) is 0 Å². The van der Waals surface area contributed by atoms with E-state index in [1.165, 1.54) is 32.1 Å². The van der Waals surface area contributed by atoms with E-state index in [0.29, 0.717) is 5.56 Å². The molecule has 2 unspecified atom stereocenters. The number of rotatable bonds is 21. The quantitative estimate of drug-likeness (QED) is 0.0284. The number of nitrogen functional groups attached to an aromatic ring is 1. The first kappa shape index (κ1) is 51.7. The van der Waals surface area contributed by atoms with Crippen molar-refractivity contribution >= 4 is 105 Å². The number of aliphatic hydroxyl groups is 2. The fraction of sp³-hybridized carbons (Fsp3) is 0.467. The van der Waals surface area contributed by atoms with Gasteiger partial charge in [0.05, 0.1) is 19.5 Å². The number of hydrogen-bond donors (Lipinski definition) is 10. The van der Waals surface area contributed by atoms with Crippen molar-refractivity contribution in [3.8, 4) is 5.75 Å². The van der Waals surface area contributed by atoms with Crippen molar-refractivity contribution in [3.63, 3.8) is 0 Å². The molecule has 7 atom stereocenters. The number of phenolic OH excluding ortho intramolecular Hbond substituents is 1. The zero-order chi connectivity index (χ0) is 43.8. The van der Waals surface area contributed by atoms with Crippen molar-refractivity contribution in [2.45, 2.75) is 50.9 Å². The number of anilines is 1. The fourth-order valence-corrected chi connectivity index (χ4v) is 8.48. The topological polar surface area (TPSA) is 384 Å². The summed E-state index contributed by atoms with van der Waals surface area (Å²) in [6, 6.07) is 6.21. The average Bonchev–Trinajstić information content (AvgIpc) is 3.71. The number of thioether (sulfide) groups is 1. The Bertz CT molecular complexity index is 2140. The maximum atomic E-state index is 12.7. The fourth-order valence-electron chi connectivity index (χ4n) is 5.08. The number of fused-ring (bicyclic) bond motifs is 1. The molecule has 3 aromatic rings. The van der Waals surface area contributed by atoms with Crippen LogP contribution in [0.3, 0.4) is 0 Å². The van der Waals surface area contributed by atoms with Gasteiger partial charge < -0.3 is 56.0 Å². The van der Waals surface area contributed by atoms with Crippen LogP contribution in [0.1, 0.15) is 32.1 Å². The Balaban J connectivity index is 0.00000961. The number of ether oxygens (including phenoxy) is 1. The van der Waals surface area contributed by atoms with E-state index in [0.717, 1.165) is 29.0 Å². The van der Waals surface area contributed by atoms with Gasteiger partial charge in [0.15, 0.2) is 17.7 Å². The number of nitrogens with zero attached hydrogens (tertiary/aromatic N) is 4. The van der Waals surface area contributed by atoms with Gasteiger partial charge >= 0.3 is 23.5 Å². The van der Waals surface area contributed by atoms with E-state index in [2.05, 4.69) is 34.4 Å². The number of benzene rings is 1. The van der Waals surface area contributed by atoms with Crippen molar-refractivity contribution in [3.05, 3.63) is 48.6 Å². The summed E-state index contributed by atoms with van der Waals surface area (Å²) >= 11 is 0.956. The molecular weight excluding hydrogens is 894 g/mol. The maximum absolute atomic E-state index is 12.7. The molecule has 1 radical (unpaired) electrons. The summed E-state index contributed by atoms with van der Waals surface area (Å²) in [5, 5.41) is 35.4. The second-order valence-corrected chi connectivity index (χ2v) is 18.5. The number of phenols is 1. The minimum absolute atomic E-state index is 0. The van der Waals surface area contributed by atoms with E-state index >= 15 is 0 Å². The van der Waals surface area contributed by atoms with Crippen LogP contribution in [0, 0.1) is 5.41 Å². The van der Waals surface area contributed by atoms with E-state index < -0.39 is 84.6 Å². The molecule has 0 bridgehead atoms. The van der Waals surface area contributed by atoms with Gasteiger partial charge in [-0.25, -0.2) is 28.6 Å². The summed E-state index contributed by atoms with van der Waals surface area (Å²) in [5.74, 6) is -1.17. The zero-order valence-electron chi connectivity index (χ0n) is 32.0. The van der Waals surface area contributed by atoms with Gasteiger partial charge in [-0.05, 0) is 23.8 Å². The first-order chi connectivity index (χ1) is 27.5. The molecule has 0 saturated carbocycles. The molecule has 11 N–H and O–H groups in total. The van der Waals surface area contributed by atoms with Gasteiger partial charge in [0.2, 0.25) is 16.9 Å². The molecule has 1 aliphatic rings. The average molecular weight is 937 g/mol. The van der Waals surface area contributed by atoms with Crippen LogP contribution in [-0.2, 0) is 50.7 Å². The number of carbonyl (C=O) groups excluding carboxylic acids is 3. The molecule has 25 nitrogen and oxygen atoms in total. The van der Waals surface area contributed by atoms with Crippen LogP contribution in [0.5, 0.6) is 5.75 Å². The molecule has 1 saturated heterocycles. The molecule has 60 heavy (non-hydrogen) atoms. The third-order valence-electron chi connectivity index (χ3n) is 8.05. The number of imidazole rings is 1. The van der Waals surface area contributed by atoms with Crippen molar-refractivity contribution in [2.24, 2.45) is 5.41 Å². The number of nitrogens with one attached hydrogen (secondary N) is 2. The molecule has 3 heterocycles. The van der Waals surface area contributed by atoms with Gasteiger partial charge in [-0.2, -0.15) is 4.31 Å². The van der Waals surface area contributed by atoms with E-state index in [9.17, 15) is 63.0 Å². The van der Waals surface area contributed by atoms with Crippen LogP contribution >= 0.6 is 35.2 Å². The Hall–Kier alpha value is -2.68. The Labute approximate surface area is 367 Å². The van der Waals surface area contributed by atoms with Crippen LogP contribution in [0.15, 0.2) is 43.0 Å². The van der Waals surface area contributed by atoms with Gasteiger partial charge in [0.1, 0.15) is 42.0 Å². The Morgan fingerprint density at radius 1 is 1.03 bits per heavy atom. The standard InChI is InChI=1S/C30H42N7O18P3S.Na/c1-30(2,25(42)28(43)33-10-9-20(39)32-11-12-59-21(40)8-5-17-3-6-18(38)7-4-17)14-52-58(49,50)55-57(47,48)51-13-19-24(54-56(44,45)46)23(41)29(53-19)37-16-36-22-26(31)34-15-35-27(22)37;/h3-8,15-16,19,23-25,29,38,41-42H,9-14H2,1-2H3,(H,32,39)(H,33,43)(H,47,48)(H,49,50)(H2,31,34,35)(H2,44,45,46);/b8-5+;/t19-,23-,24-,25+,29-;/m1./s1. The first-order valence-corrected chi connectivity index (χ1v) is 22.5. The summed E-state index contributed by atoms with van der Waals surface area (Å²) in [6.07, 6.45) is -4.10. The summed E-state index contributed by atoms with van der Waals surface area (Å²) < 4.78 is 62.1. The molecule has 4 rings (SSSR count). The largest absolute Gasteiger partial charge is 0.508 e. The maximum Gasteiger partial charge on any atom is 0.481 e. The summed E-state index contributed by atoms with van der Waals surface area (Å²) in [5.41, 5.74) is 4.94. The monoisotopic (exact) mass is 936 g/mol. The smallest absolute Gasteiger partial charge is 0.481 e. The van der Waals surface area contributed by atoms with Crippen molar-refractivity contribution in [1.29, 1.82) is 0 Å². The van der Waals surface area contributed by atoms with Crippen LogP contribution < -0.4 is 16.4 Å². The molecule has 0 aliphatic carbocycles. The summed E-state index contributed by atoms with van der Waals surface area (Å²) in [6.45, 7) is 0.345. The molecule has 0 spiro atoms. The molecule has 327 valence electrons. The number of phosphoric acid groups is 3. The zero-order valence-corrected chi connectivity index (χ0v) is 37.5. The van der Waals surface area contributed by atoms with Gasteiger partial charge in [-0.3, -0.25) is 32.5 Å². The number of nitrogens with two attached hydrogens (primary N) is 1. The second-order valence-electron chi connectivity index (χ2n) is 13.2. The second kappa shape index (κ2) is 22.1. The Morgan fingerprint density at radius 2 is 1.70 bits per heavy atom. The number of hydrogen-bond acceptors (Lipinski definition) is 19. The van der Waals surface area contributed by atoms with Crippen molar-refractivity contribution in [1.82, 2.24) is 30.2 Å². The van der Waals surface area contributed by atoms with Crippen LogP contribution in [-0.4, -0.2) is 157 Å². The van der Waals surface area contributed by atoms with Crippen LogP contribution in [0.4, 0.5) is 5.82 Å². The third-order valence-corrected chi connectivity index (χ3v) is 12.0. The van der Waals surface area contributed by atoms with E-state index in [1.54, 1.807) is 18.2 Å². The minimum Gasteiger partial charge on any atom is -0.508 e. The number of amides is 2. The van der Waals surface area contributed by atoms with Crippen LogP contribution in [0.25, 0.3) is 17.2 Å². The Morgan fingerprint density at radius 3 is 2.37 bits per heavy atom. The summed E-state index contributed by atoms with van der Waals surface area (Å²) in [7, 11) is -16.4. The van der Waals surface area contributed by atoms with Gasteiger partial charge in [-0.15, -0.1) is 0 Å². The predicted molar refractivity (Wildman–Crippen MR) is 210 cm³/mol. The first-order valence-electron chi connectivity index (χ1n) is 17.0. The molecule has 1 aromatic carbocycles. The SMILES string of the molecule is CC(C)(COP(=O)(O)OP(=O)(O)OC[C@H]1O[C@@H](n2cnc3c(N)ncnc32)[C@H](O)[C@@H]1OP(=O)(O)O)[C@@H](O)C(=O)NCCC(=O)NCCSC(=O)/C=C/c1ccc(O)cc1.[Na]. The molecular formula is C30H42N7NaO18P3S. The number of aliphatic hydroxyl groups excluding tert-OH is 2. The Kier molecular flexibility index (Phi) is 19.0. The minimum atomic E-state index is -5.58. The van der Waals surface area contributed by atoms with Crippen molar-refractivity contribution in [2.75, 3.05) is 37.8 Å². The number of aromatic nitrogens is 4. The molecule has 2 aromatic heterocycles. The number of carbonyl (C=O) groups is 3. The predicted octanol–water partition coefficient (Wildman–Crippen LogP) is -0.297. The molecule has 2 amide bonds. The van der Waals surface area contributed by atoms with E-state index in [1.807, 2.05) is 0 Å². The van der Waals surface area contributed by atoms with Gasteiger partial charge in [-0.1, -0.05) is 43.8 Å². The normalized spacial score (nSPS) is 20.9. The number of aromatic hydroxyl groups is 1. The van der Waals surface area contributed by atoms with Crippen LogP contribution in [0.2, 0.25) is 0 Å². The number of phosphoric ester groups is 3. The van der Waals surface area contributed by atoms with E-state index in [4.69, 9.17) is 19.5 Å². The van der Waals surface area contributed by atoms with E-state index in [-0.39, 0.29) is 82.7 Å². The molecule has 1 aliphatic heterocycles. The third kappa shape index (κ3) is 15.6. The van der Waals surface area contributed by atoms with Gasteiger partial charge in [0, 0.05) is 60.2 Å². The molecule has 30 heteroatoms.